The van der Waals surface area contributed by atoms with Gasteiger partial charge in [-0.1, -0.05) is 22.0 Å². The van der Waals surface area contributed by atoms with Crippen LogP contribution in [-0.4, -0.2) is 25.5 Å². The summed E-state index contributed by atoms with van der Waals surface area (Å²) in [5.41, 5.74) is 0. The number of nitrogens with one attached hydrogen (secondary N) is 2. The van der Waals surface area contributed by atoms with Gasteiger partial charge in [0.15, 0.2) is 5.76 Å². The molecule has 2 heterocycles. The molecule has 1 saturated heterocycles. The van der Waals surface area contributed by atoms with E-state index in [0.717, 1.165) is 29.7 Å². The molecular formula is C18H21BrN2O3. The van der Waals surface area contributed by atoms with E-state index in [1.165, 1.54) is 6.42 Å². The molecule has 0 saturated carbocycles. The molecule has 0 radical (unpaired) electrons. The minimum atomic E-state index is -0.172. The third kappa shape index (κ3) is 4.85. The fourth-order valence-corrected chi connectivity index (χ4v) is 3.09. The molecule has 1 aromatic carbocycles. The van der Waals surface area contributed by atoms with Gasteiger partial charge in [0.1, 0.15) is 18.1 Å². The van der Waals surface area contributed by atoms with Crippen molar-refractivity contribution in [3.63, 3.8) is 0 Å². The predicted octanol–water partition coefficient (Wildman–Crippen LogP) is 3.35. The Bertz CT molecular complexity index is 680. The molecule has 0 aliphatic carbocycles. The van der Waals surface area contributed by atoms with Crippen LogP contribution in [0, 0.1) is 5.92 Å². The van der Waals surface area contributed by atoms with Gasteiger partial charge in [-0.05, 0) is 62.2 Å². The van der Waals surface area contributed by atoms with Crippen molar-refractivity contribution in [2.24, 2.45) is 5.92 Å². The first-order valence-corrected chi connectivity index (χ1v) is 8.96. The SMILES string of the molecule is O=C(NCC1CCCNC1)c1ccc(COc2cccc(Br)c2)o1. The van der Waals surface area contributed by atoms with Crippen molar-refractivity contribution in [2.75, 3.05) is 19.6 Å². The molecule has 2 aromatic rings. The summed E-state index contributed by atoms with van der Waals surface area (Å²) < 4.78 is 12.2. The van der Waals surface area contributed by atoms with Gasteiger partial charge in [0.2, 0.25) is 0 Å². The molecule has 1 aliphatic heterocycles. The lowest BCUT2D eigenvalue weighted by Gasteiger charge is -2.22. The number of hydrogen-bond acceptors (Lipinski definition) is 4. The minimum Gasteiger partial charge on any atom is -0.486 e. The highest BCUT2D eigenvalue weighted by Gasteiger charge is 2.16. The first kappa shape index (κ1) is 17.0. The molecule has 1 fully saturated rings. The standard InChI is InChI=1S/C18H21BrN2O3/c19-14-4-1-5-15(9-14)23-12-16-6-7-17(24-16)18(22)21-11-13-3-2-8-20-10-13/h1,4-7,9,13,20H,2-3,8,10-12H2,(H,21,22). The van der Waals surface area contributed by atoms with Crippen LogP contribution in [0.3, 0.4) is 0 Å². The second-order valence-corrected chi connectivity index (χ2v) is 6.85. The fourth-order valence-electron chi connectivity index (χ4n) is 2.71. The topological polar surface area (TPSA) is 63.5 Å². The van der Waals surface area contributed by atoms with Gasteiger partial charge < -0.3 is 19.8 Å². The first-order valence-electron chi connectivity index (χ1n) is 8.17. The molecule has 0 bridgehead atoms. The zero-order chi connectivity index (χ0) is 16.8. The fraction of sp³-hybridized carbons (Fsp3) is 0.389. The number of carbonyl (C=O) groups excluding carboxylic acids is 1. The van der Waals surface area contributed by atoms with Crippen molar-refractivity contribution < 1.29 is 13.9 Å². The summed E-state index contributed by atoms with van der Waals surface area (Å²) in [4.78, 5) is 12.1. The predicted molar refractivity (Wildman–Crippen MR) is 95.1 cm³/mol. The minimum absolute atomic E-state index is 0.172. The molecule has 1 aliphatic rings. The van der Waals surface area contributed by atoms with Gasteiger partial charge in [0, 0.05) is 11.0 Å². The lowest BCUT2D eigenvalue weighted by atomic mass is 10.00. The molecule has 5 nitrogen and oxygen atoms in total. The molecule has 2 N–H and O–H groups in total. The van der Waals surface area contributed by atoms with Crippen molar-refractivity contribution in [3.8, 4) is 5.75 Å². The molecule has 0 spiro atoms. The van der Waals surface area contributed by atoms with Gasteiger partial charge >= 0.3 is 0 Å². The number of ether oxygens (including phenoxy) is 1. The maximum Gasteiger partial charge on any atom is 0.287 e. The number of hydrogen-bond donors (Lipinski definition) is 2. The molecule has 3 rings (SSSR count). The van der Waals surface area contributed by atoms with E-state index in [-0.39, 0.29) is 12.5 Å². The number of amides is 1. The lowest BCUT2D eigenvalue weighted by molar-refractivity contribution is 0.0913. The van der Waals surface area contributed by atoms with Gasteiger partial charge in [0.05, 0.1) is 0 Å². The van der Waals surface area contributed by atoms with E-state index in [2.05, 4.69) is 26.6 Å². The maximum absolute atomic E-state index is 12.1. The Kier molecular flexibility index (Phi) is 5.93. The van der Waals surface area contributed by atoms with E-state index >= 15 is 0 Å². The largest absolute Gasteiger partial charge is 0.486 e. The summed E-state index contributed by atoms with van der Waals surface area (Å²) in [7, 11) is 0. The summed E-state index contributed by atoms with van der Waals surface area (Å²) in [5.74, 6) is 2.02. The van der Waals surface area contributed by atoms with Crippen molar-refractivity contribution in [1.29, 1.82) is 0 Å². The number of furan rings is 1. The normalized spacial score (nSPS) is 17.5. The summed E-state index contributed by atoms with van der Waals surface area (Å²) in [5, 5.41) is 6.29. The first-order chi connectivity index (χ1) is 11.7. The van der Waals surface area contributed by atoms with Gasteiger partial charge in [0.25, 0.3) is 5.91 Å². The molecule has 24 heavy (non-hydrogen) atoms. The average Bonchev–Trinajstić information content (AvgIpc) is 3.08. The molecule has 1 amide bonds. The van der Waals surface area contributed by atoms with Gasteiger partial charge in [-0.3, -0.25) is 4.79 Å². The quantitative estimate of drug-likeness (QED) is 0.790. The van der Waals surface area contributed by atoms with Gasteiger partial charge in [-0.2, -0.15) is 0 Å². The molecule has 1 atom stereocenters. The number of rotatable bonds is 6. The van der Waals surface area contributed by atoms with E-state index in [4.69, 9.17) is 9.15 Å². The highest BCUT2D eigenvalue weighted by Crippen LogP contribution is 2.19. The number of piperidine rings is 1. The van der Waals surface area contributed by atoms with Gasteiger partial charge in [-0.25, -0.2) is 0 Å². The Morgan fingerprint density at radius 3 is 3.08 bits per heavy atom. The van der Waals surface area contributed by atoms with Crippen LogP contribution in [0.5, 0.6) is 5.75 Å². The molecule has 1 unspecified atom stereocenters. The Labute approximate surface area is 149 Å². The van der Waals surface area contributed by atoms with Crippen molar-refractivity contribution in [2.45, 2.75) is 19.4 Å². The molecule has 1 aromatic heterocycles. The lowest BCUT2D eigenvalue weighted by Crippen LogP contribution is -2.38. The Morgan fingerprint density at radius 1 is 1.38 bits per heavy atom. The second-order valence-electron chi connectivity index (χ2n) is 5.93. The molecule has 128 valence electrons. The van der Waals surface area contributed by atoms with Crippen molar-refractivity contribution in [1.82, 2.24) is 10.6 Å². The third-order valence-electron chi connectivity index (χ3n) is 4.01. The highest BCUT2D eigenvalue weighted by molar-refractivity contribution is 9.10. The second kappa shape index (κ2) is 8.35. The zero-order valence-electron chi connectivity index (χ0n) is 13.4. The Balaban J connectivity index is 1.48. The average molecular weight is 393 g/mol. The van der Waals surface area contributed by atoms with E-state index in [1.54, 1.807) is 12.1 Å². The van der Waals surface area contributed by atoms with E-state index in [9.17, 15) is 4.79 Å². The molecular weight excluding hydrogens is 372 g/mol. The number of benzene rings is 1. The molecule has 6 heteroatoms. The summed E-state index contributed by atoms with van der Waals surface area (Å²) >= 11 is 3.40. The summed E-state index contributed by atoms with van der Waals surface area (Å²) in [6.45, 7) is 3.00. The monoisotopic (exact) mass is 392 g/mol. The van der Waals surface area contributed by atoms with Crippen LogP contribution in [0.4, 0.5) is 0 Å². The highest BCUT2D eigenvalue weighted by atomic mass is 79.9. The maximum atomic E-state index is 12.1. The Hall–Kier alpha value is -1.79. The number of carbonyl (C=O) groups is 1. The summed E-state index contributed by atoms with van der Waals surface area (Å²) in [6.07, 6.45) is 2.32. The van der Waals surface area contributed by atoms with Crippen LogP contribution >= 0.6 is 15.9 Å². The van der Waals surface area contributed by atoms with Crippen molar-refractivity contribution in [3.05, 3.63) is 52.4 Å². The van der Waals surface area contributed by atoms with Crippen LogP contribution < -0.4 is 15.4 Å². The number of halogens is 1. The summed E-state index contributed by atoms with van der Waals surface area (Å²) in [6, 6.07) is 11.1. The third-order valence-corrected chi connectivity index (χ3v) is 4.51. The van der Waals surface area contributed by atoms with Crippen LogP contribution in [0.1, 0.15) is 29.2 Å². The van der Waals surface area contributed by atoms with Crippen LogP contribution in [-0.2, 0) is 6.61 Å². The van der Waals surface area contributed by atoms with E-state index in [1.807, 2.05) is 24.3 Å². The van der Waals surface area contributed by atoms with Crippen LogP contribution in [0.25, 0.3) is 0 Å². The van der Waals surface area contributed by atoms with Crippen molar-refractivity contribution >= 4 is 21.8 Å². The van der Waals surface area contributed by atoms with Crippen LogP contribution in [0.15, 0.2) is 45.3 Å². The van der Waals surface area contributed by atoms with E-state index in [0.29, 0.717) is 24.0 Å². The van der Waals surface area contributed by atoms with Crippen LogP contribution in [0.2, 0.25) is 0 Å². The van der Waals surface area contributed by atoms with E-state index < -0.39 is 0 Å². The smallest absolute Gasteiger partial charge is 0.287 e. The zero-order valence-corrected chi connectivity index (χ0v) is 15.0. The van der Waals surface area contributed by atoms with Gasteiger partial charge in [-0.15, -0.1) is 0 Å². The Morgan fingerprint density at radius 2 is 2.29 bits per heavy atom.